The first-order valence-electron chi connectivity index (χ1n) is 10.1. The van der Waals surface area contributed by atoms with Crippen molar-refractivity contribution in [1.82, 2.24) is 15.5 Å². The lowest BCUT2D eigenvalue weighted by molar-refractivity contribution is 0.115. The van der Waals surface area contributed by atoms with Crippen LogP contribution in [0.15, 0.2) is 23.2 Å². The van der Waals surface area contributed by atoms with Crippen molar-refractivity contribution in [2.45, 2.75) is 63.6 Å². The summed E-state index contributed by atoms with van der Waals surface area (Å²) in [6.45, 7) is 2.55. The second-order valence-electron chi connectivity index (χ2n) is 7.61. The maximum Gasteiger partial charge on any atom is 0.191 e. The van der Waals surface area contributed by atoms with E-state index in [1.54, 1.807) is 13.1 Å². The molecule has 0 aromatic heterocycles. The van der Waals surface area contributed by atoms with Gasteiger partial charge in [0.15, 0.2) is 5.96 Å². The molecule has 1 saturated carbocycles. The monoisotopic (exact) mass is 371 g/mol. The van der Waals surface area contributed by atoms with Crippen LogP contribution < -0.4 is 10.6 Å². The van der Waals surface area contributed by atoms with Gasteiger partial charge in [-0.3, -0.25) is 9.89 Å². The molecule has 1 unspecified atom stereocenters. The summed E-state index contributed by atoms with van der Waals surface area (Å²) in [5.41, 5.74) is 0.941. The fourth-order valence-electron chi connectivity index (χ4n) is 4.25. The number of halogens is 1. The van der Waals surface area contributed by atoms with Crippen molar-refractivity contribution in [2.24, 2.45) is 4.99 Å². The van der Waals surface area contributed by atoms with E-state index >= 15 is 0 Å². The third kappa shape index (κ3) is 5.43. The zero-order chi connectivity index (χ0) is 19.1. The number of nitriles is 1. The highest BCUT2D eigenvalue weighted by atomic mass is 19.1. The van der Waals surface area contributed by atoms with Gasteiger partial charge in [0.1, 0.15) is 5.82 Å². The van der Waals surface area contributed by atoms with Crippen LogP contribution >= 0.6 is 0 Å². The topological polar surface area (TPSA) is 63.5 Å². The standard InChI is InChI=1S/C21H30FN5/c1-24-21(25-14-17-12-16(13-23)9-10-20(17)22)26-18-6-5-11-27(15-18)19-7-3-2-4-8-19/h9-10,12,18-19H,2-8,11,14-15H2,1H3,(H2,24,25,26). The van der Waals surface area contributed by atoms with Gasteiger partial charge in [0, 0.05) is 37.8 Å². The van der Waals surface area contributed by atoms with Crippen LogP contribution in [0.2, 0.25) is 0 Å². The van der Waals surface area contributed by atoms with Gasteiger partial charge < -0.3 is 10.6 Å². The van der Waals surface area contributed by atoms with Gasteiger partial charge in [-0.25, -0.2) is 4.39 Å². The lowest BCUT2D eigenvalue weighted by Gasteiger charge is -2.40. The fourth-order valence-corrected chi connectivity index (χ4v) is 4.25. The molecule has 1 aliphatic carbocycles. The lowest BCUT2D eigenvalue weighted by Crippen LogP contribution is -2.53. The highest BCUT2D eigenvalue weighted by molar-refractivity contribution is 5.80. The summed E-state index contributed by atoms with van der Waals surface area (Å²) in [4.78, 5) is 6.94. The number of hydrogen-bond acceptors (Lipinski definition) is 3. The minimum absolute atomic E-state index is 0.306. The Hall–Kier alpha value is -2.13. The van der Waals surface area contributed by atoms with Gasteiger partial charge in [-0.1, -0.05) is 19.3 Å². The van der Waals surface area contributed by atoms with Crippen molar-refractivity contribution in [3.05, 3.63) is 35.1 Å². The molecular formula is C21H30FN5. The Bertz CT molecular complexity index is 690. The number of benzene rings is 1. The van der Waals surface area contributed by atoms with E-state index in [1.165, 1.54) is 57.2 Å². The van der Waals surface area contributed by atoms with Gasteiger partial charge in [0.25, 0.3) is 0 Å². The molecule has 2 aliphatic rings. The van der Waals surface area contributed by atoms with Gasteiger partial charge in [0.05, 0.1) is 11.6 Å². The van der Waals surface area contributed by atoms with Gasteiger partial charge in [-0.05, 0) is 50.4 Å². The molecular weight excluding hydrogens is 341 g/mol. The molecule has 27 heavy (non-hydrogen) atoms. The summed E-state index contributed by atoms with van der Waals surface area (Å²) < 4.78 is 14.0. The largest absolute Gasteiger partial charge is 0.352 e. The number of piperidine rings is 1. The predicted octanol–water partition coefficient (Wildman–Crippen LogP) is 3.16. The van der Waals surface area contributed by atoms with Gasteiger partial charge >= 0.3 is 0 Å². The van der Waals surface area contributed by atoms with E-state index in [9.17, 15) is 4.39 Å². The number of guanidine groups is 1. The van der Waals surface area contributed by atoms with Crippen molar-refractivity contribution in [2.75, 3.05) is 20.1 Å². The second-order valence-corrected chi connectivity index (χ2v) is 7.61. The van der Waals surface area contributed by atoms with Crippen molar-refractivity contribution < 1.29 is 4.39 Å². The average molecular weight is 372 g/mol. The van der Waals surface area contributed by atoms with E-state index in [4.69, 9.17) is 5.26 Å². The van der Waals surface area contributed by atoms with E-state index in [0.717, 1.165) is 19.0 Å². The minimum Gasteiger partial charge on any atom is -0.352 e. The first-order valence-corrected chi connectivity index (χ1v) is 10.1. The fraction of sp³-hybridized carbons (Fsp3) is 0.619. The lowest BCUT2D eigenvalue weighted by atomic mass is 9.92. The number of rotatable bonds is 4. The van der Waals surface area contributed by atoms with Crippen molar-refractivity contribution in [1.29, 1.82) is 5.26 Å². The number of likely N-dealkylation sites (tertiary alicyclic amines) is 1. The molecule has 1 aromatic rings. The molecule has 2 fully saturated rings. The minimum atomic E-state index is -0.307. The molecule has 1 aromatic carbocycles. The first-order chi connectivity index (χ1) is 13.2. The second kappa shape index (κ2) is 9.70. The molecule has 0 amide bonds. The maximum absolute atomic E-state index is 14.0. The van der Waals surface area contributed by atoms with E-state index in [0.29, 0.717) is 29.7 Å². The van der Waals surface area contributed by atoms with Crippen LogP contribution in [0.1, 0.15) is 56.1 Å². The number of aliphatic imine (C=N–C) groups is 1. The molecule has 5 nitrogen and oxygen atoms in total. The third-order valence-corrected chi connectivity index (χ3v) is 5.73. The normalized spacial score (nSPS) is 22.3. The summed E-state index contributed by atoms with van der Waals surface area (Å²) >= 11 is 0. The van der Waals surface area contributed by atoms with Gasteiger partial charge in [-0.2, -0.15) is 5.26 Å². The SMILES string of the molecule is CN=C(NCc1cc(C#N)ccc1F)NC1CCCN(C2CCCCC2)C1. The molecule has 1 aliphatic heterocycles. The molecule has 146 valence electrons. The first kappa shape index (κ1) is 19.6. The summed E-state index contributed by atoms with van der Waals surface area (Å²) in [6, 6.07) is 7.57. The quantitative estimate of drug-likeness (QED) is 0.630. The zero-order valence-electron chi connectivity index (χ0n) is 16.2. The zero-order valence-corrected chi connectivity index (χ0v) is 16.2. The van der Waals surface area contributed by atoms with E-state index < -0.39 is 0 Å². The summed E-state index contributed by atoms with van der Waals surface area (Å²) in [5, 5.41) is 15.7. The van der Waals surface area contributed by atoms with Gasteiger partial charge in [-0.15, -0.1) is 0 Å². The summed E-state index contributed by atoms with van der Waals surface area (Å²) in [6.07, 6.45) is 9.08. The van der Waals surface area contributed by atoms with Crippen LogP contribution in [0.5, 0.6) is 0 Å². The van der Waals surface area contributed by atoms with Gasteiger partial charge in [0.2, 0.25) is 0 Å². The predicted molar refractivity (Wildman–Crippen MR) is 106 cm³/mol. The van der Waals surface area contributed by atoms with Crippen molar-refractivity contribution in [3.8, 4) is 6.07 Å². The molecule has 2 N–H and O–H groups in total. The number of nitrogens with one attached hydrogen (secondary N) is 2. The molecule has 0 radical (unpaired) electrons. The molecule has 1 heterocycles. The summed E-state index contributed by atoms with van der Waals surface area (Å²) in [5.74, 6) is 0.380. The third-order valence-electron chi connectivity index (χ3n) is 5.73. The van der Waals surface area contributed by atoms with E-state index in [-0.39, 0.29) is 5.82 Å². The Morgan fingerprint density at radius 3 is 2.81 bits per heavy atom. The summed E-state index contributed by atoms with van der Waals surface area (Å²) in [7, 11) is 1.74. The van der Waals surface area contributed by atoms with Crippen molar-refractivity contribution >= 4 is 5.96 Å². The van der Waals surface area contributed by atoms with Crippen molar-refractivity contribution in [3.63, 3.8) is 0 Å². The molecule has 3 rings (SSSR count). The van der Waals surface area contributed by atoms with E-state index in [2.05, 4.69) is 26.6 Å². The Labute approximate surface area is 161 Å². The Morgan fingerprint density at radius 2 is 2.07 bits per heavy atom. The van der Waals surface area contributed by atoms with Crippen LogP contribution in [0, 0.1) is 17.1 Å². The Balaban J connectivity index is 1.53. The van der Waals surface area contributed by atoms with Crippen LogP contribution in [0.3, 0.4) is 0 Å². The molecule has 6 heteroatoms. The molecule has 1 atom stereocenters. The van der Waals surface area contributed by atoms with Crippen LogP contribution in [-0.2, 0) is 6.54 Å². The number of nitrogens with zero attached hydrogens (tertiary/aromatic N) is 3. The number of hydrogen-bond donors (Lipinski definition) is 2. The smallest absolute Gasteiger partial charge is 0.191 e. The highest BCUT2D eigenvalue weighted by Crippen LogP contribution is 2.25. The molecule has 1 saturated heterocycles. The van der Waals surface area contributed by atoms with Crippen LogP contribution in [-0.4, -0.2) is 43.1 Å². The highest BCUT2D eigenvalue weighted by Gasteiger charge is 2.27. The Kier molecular flexibility index (Phi) is 7.05. The average Bonchev–Trinajstić information content (AvgIpc) is 2.73. The van der Waals surface area contributed by atoms with Crippen LogP contribution in [0.4, 0.5) is 4.39 Å². The molecule has 0 spiro atoms. The molecule has 0 bridgehead atoms. The van der Waals surface area contributed by atoms with E-state index in [1.807, 2.05) is 0 Å². The van der Waals surface area contributed by atoms with Crippen LogP contribution in [0.25, 0.3) is 0 Å². The Morgan fingerprint density at radius 1 is 1.26 bits per heavy atom. The maximum atomic E-state index is 14.0.